The summed E-state index contributed by atoms with van der Waals surface area (Å²) in [6, 6.07) is 10.1. The Morgan fingerprint density at radius 1 is 1.11 bits per heavy atom. The van der Waals surface area contributed by atoms with Crippen molar-refractivity contribution in [1.82, 2.24) is 29.2 Å². The molecule has 4 fully saturated rings. The first kappa shape index (κ1) is 30.4. The Hall–Kier alpha value is -3.96. The van der Waals surface area contributed by atoms with Crippen LogP contribution in [0, 0.1) is 12.8 Å². The van der Waals surface area contributed by atoms with Gasteiger partial charge < -0.3 is 30.0 Å². The van der Waals surface area contributed by atoms with Gasteiger partial charge in [0.2, 0.25) is 5.91 Å². The van der Waals surface area contributed by atoms with E-state index >= 15 is 0 Å². The number of pyridine rings is 2. The molecule has 0 spiro atoms. The lowest BCUT2D eigenvalue weighted by atomic mass is 9.77. The van der Waals surface area contributed by atoms with Crippen LogP contribution in [0.1, 0.15) is 92.5 Å². The van der Waals surface area contributed by atoms with Crippen LogP contribution in [0.5, 0.6) is 5.88 Å². The highest BCUT2D eigenvalue weighted by molar-refractivity contribution is 5.97. The molecule has 248 valence electrons. The van der Waals surface area contributed by atoms with Crippen LogP contribution < -0.4 is 15.8 Å². The number of methoxy groups -OCH3 is 2. The summed E-state index contributed by atoms with van der Waals surface area (Å²) in [6.07, 6.45) is 8.54. The number of nitrogens with zero attached hydrogens (tertiary/aromatic N) is 5. The molecule has 11 heteroatoms. The second-order valence-electron chi connectivity index (χ2n) is 14.4. The van der Waals surface area contributed by atoms with Gasteiger partial charge in [-0.2, -0.15) is 0 Å². The standard InChI is InChI=1S/C36H45N7O4/c1-20(38-31(44)18-36(47-4)12-5-13-36)27-10-8-23-14-29(41(34(23)39-27)19-22-6-7-22)33-21(2)42-30(40-33)15-24(16-32(42)46-3)35(45)43-25-9-11-28(43)26(37)17-25/h8,10,14-16,20,22,25-26,28H,5-7,9,11-13,17-19,37H2,1-4H3,(H,38,44)/t20-,25+,26-,28-/m1/s1. The van der Waals surface area contributed by atoms with E-state index in [-0.39, 0.29) is 41.6 Å². The molecule has 8 rings (SSSR count). The number of amides is 2. The van der Waals surface area contributed by atoms with Gasteiger partial charge in [-0.15, -0.1) is 0 Å². The number of nitrogens with two attached hydrogens (primary N) is 1. The van der Waals surface area contributed by atoms with Crippen LogP contribution >= 0.6 is 0 Å². The number of imidazole rings is 1. The van der Waals surface area contributed by atoms with Gasteiger partial charge in [0, 0.05) is 48.8 Å². The second kappa shape index (κ2) is 11.3. The number of aromatic nitrogens is 4. The summed E-state index contributed by atoms with van der Waals surface area (Å²) in [7, 11) is 3.33. The van der Waals surface area contributed by atoms with Crippen molar-refractivity contribution in [3.63, 3.8) is 0 Å². The molecular weight excluding hydrogens is 594 g/mol. The number of hydrogen-bond acceptors (Lipinski definition) is 7. The monoisotopic (exact) mass is 639 g/mol. The predicted octanol–water partition coefficient (Wildman–Crippen LogP) is 4.92. The summed E-state index contributed by atoms with van der Waals surface area (Å²) >= 11 is 0. The maximum Gasteiger partial charge on any atom is 0.254 e. The van der Waals surface area contributed by atoms with E-state index in [4.69, 9.17) is 25.2 Å². The highest BCUT2D eigenvalue weighted by atomic mass is 16.5. The molecule has 0 unspecified atom stereocenters. The van der Waals surface area contributed by atoms with E-state index in [0.29, 0.717) is 29.4 Å². The summed E-state index contributed by atoms with van der Waals surface area (Å²) in [4.78, 5) is 39.0. The van der Waals surface area contributed by atoms with Crippen molar-refractivity contribution < 1.29 is 19.1 Å². The molecule has 0 aromatic carbocycles. The van der Waals surface area contributed by atoms with Crippen molar-refractivity contribution in [2.75, 3.05) is 14.2 Å². The minimum absolute atomic E-state index is 0.000633. The number of aryl methyl sites for hydroxylation is 1. The Morgan fingerprint density at radius 2 is 1.91 bits per heavy atom. The SMILES string of the molecule is COc1cc(C(=O)N2[C@H]3CC[C@@H]2[C@H](N)C3)cc2nc(-c3cc4ccc([C@@H](C)NC(=O)CC5(OC)CCC5)nc4n3CC3CC3)c(C)n12. The third-order valence-corrected chi connectivity index (χ3v) is 11.3. The number of carbonyl (C=O) groups is 2. The van der Waals surface area contributed by atoms with E-state index in [1.807, 2.05) is 41.3 Å². The number of fused-ring (bicyclic) bond motifs is 4. The van der Waals surface area contributed by atoms with E-state index in [0.717, 1.165) is 78.9 Å². The van der Waals surface area contributed by atoms with Crippen LogP contribution in [0.4, 0.5) is 0 Å². The van der Waals surface area contributed by atoms with Crippen molar-refractivity contribution in [3.8, 4) is 17.3 Å². The van der Waals surface area contributed by atoms with Crippen molar-refractivity contribution >= 4 is 28.5 Å². The lowest BCUT2D eigenvalue weighted by Crippen LogP contribution is -2.44. The number of ether oxygens (including phenoxy) is 2. The Morgan fingerprint density at radius 3 is 2.55 bits per heavy atom. The fourth-order valence-corrected chi connectivity index (χ4v) is 8.30. The molecule has 2 saturated carbocycles. The zero-order valence-electron chi connectivity index (χ0n) is 27.8. The number of carbonyl (C=O) groups excluding carboxylic acids is 2. The molecule has 0 radical (unpaired) electrons. The maximum absolute atomic E-state index is 13.8. The molecule has 2 aliphatic heterocycles. The van der Waals surface area contributed by atoms with Gasteiger partial charge in [0.05, 0.1) is 42.3 Å². The molecule has 4 aromatic rings. The molecular formula is C36H45N7O4. The normalized spacial score (nSPS) is 23.8. The molecule has 2 saturated heterocycles. The molecule has 4 aromatic heterocycles. The van der Waals surface area contributed by atoms with Crippen LogP contribution in [0.15, 0.2) is 30.3 Å². The van der Waals surface area contributed by atoms with Gasteiger partial charge in [-0.1, -0.05) is 0 Å². The Kier molecular flexibility index (Phi) is 7.33. The molecule has 11 nitrogen and oxygen atoms in total. The first-order valence-corrected chi connectivity index (χ1v) is 17.2. The molecule has 4 atom stereocenters. The number of nitrogens with one attached hydrogen (secondary N) is 1. The first-order valence-electron chi connectivity index (χ1n) is 17.2. The minimum atomic E-state index is -0.320. The summed E-state index contributed by atoms with van der Waals surface area (Å²) in [5.74, 6) is 1.16. The van der Waals surface area contributed by atoms with E-state index in [1.165, 1.54) is 12.8 Å². The Bertz CT molecular complexity index is 1880. The largest absolute Gasteiger partial charge is 0.482 e. The van der Waals surface area contributed by atoms with Gasteiger partial charge in [0.15, 0.2) is 5.88 Å². The smallest absolute Gasteiger partial charge is 0.254 e. The highest BCUT2D eigenvalue weighted by Crippen LogP contribution is 2.41. The summed E-state index contributed by atoms with van der Waals surface area (Å²) in [6.45, 7) is 4.88. The van der Waals surface area contributed by atoms with Crippen LogP contribution in [0.3, 0.4) is 0 Å². The van der Waals surface area contributed by atoms with E-state index in [1.54, 1.807) is 14.2 Å². The van der Waals surface area contributed by atoms with Crippen LogP contribution in [-0.4, -0.2) is 73.6 Å². The van der Waals surface area contributed by atoms with Crippen LogP contribution in [-0.2, 0) is 16.1 Å². The van der Waals surface area contributed by atoms with Gasteiger partial charge >= 0.3 is 0 Å². The van der Waals surface area contributed by atoms with Crippen molar-refractivity contribution in [1.29, 1.82) is 0 Å². The van der Waals surface area contributed by atoms with Gasteiger partial charge in [-0.05, 0) is 95.4 Å². The maximum atomic E-state index is 13.8. The van der Waals surface area contributed by atoms with Crippen molar-refractivity contribution in [2.24, 2.45) is 11.7 Å². The second-order valence-corrected chi connectivity index (χ2v) is 14.4. The van der Waals surface area contributed by atoms with Gasteiger partial charge in [-0.3, -0.25) is 14.0 Å². The van der Waals surface area contributed by atoms with Crippen molar-refractivity contribution in [2.45, 2.75) is 108 Å². The summed E-state index contributed by atoms with van der Waals surface area (Å²) in [5.41, 5.74) is 11.7. The van der Waals surface area contributed by atoms with E-state index in [9.17, 15) is 9.59 Å². The molecule has 2 amide bonds. The summed E-state index contributed by atoms with van der Waals surface area (Å²) < 4.78 is 15.8. The van der Waals surface area contributed by atoms with Gasteiger partial charge in [-0.25, -0.2) is 9.97 Å². The quantitative estimate of drug-likeness (QED) is 0.252. The van der Waals surface area contributed by atoms with Crippen LogP contribution in [0.25, 0.3) is 28.1 Å². The van der Waals surface area contributed by atoms with Gasteiger partial charge in [0.1, 0.15) is 17.0 Å². The average Bonchev–Trinajstić information content (AvgIpc) is 3.36. The van der Waals surface area contributed by atoms with Crippen LogP contribution in [0.2, 0.25) is 0 Å². The first-order chi connectivity index (χ1) is 22.7. The molecule has 3 N–H and O–H groups in total. The fourth-order valence-electron chi connectivity index (χ4n) is 8.30. The number of rotatable bonds is 10. The van der Waals surface area contributed by atoms with Gasteiger partial charge in [0.25, 0.3) is 5.91 Å². The molecule has 47 heavy (non-hydrogen) atoms. The minimum Gasteiger partial charge on any atom is -0.482 e. The Balaban J connectivity index is 1.14. The molecule has 2 aliphatic carbocycles. The fraction of sp³-hybridized carbons (Fsp3) is 0.556. The molecule has 6 heterocycles. The average molecular weight is 640 g/mol. The summed E-state index contributed by atoms with van der Waals surface area (Å²) in [5, 5.41) is 4.18. The molecule has 4 aliphatic rings. The van der Waals surface area contributed by atoms with E-state index < -0.39 is 0 Å². The topological polar surface area (TPSA) is 129 Å². The molecule has 2 bridgehead atoms. The zero-order chi connectivity index (χ0) is 32.6. The van der Waals surface area contributed by atoms with E-state index in [2.05, 4.69) is 22.0 Å². The zero-order valence-corrected chi connectivity index (χ0v) is 27.8. The third kappa shape index (κ3) is 5.09. The third-order valence-electron chi connectivity index (χ3n) is 11.3. The lowest BCUT2D eigenvalue weighted by Gasteiger charge is -2.40. The lowest BCUT2D eigenvalue weighted by molar-refractivity contribution is -0.134. The predicted molar refractivity (Wildman–Crippen MR) is 178 cm³/mol. The number of hydrogen-bond donors (Lipinski definition) is 2. The Labute approximate surface area is 274 Å². The highest BCUT2D eigenvalue weighted by Gasteiger charge is 2.47. The van der Waals surface area contributed by atoms with Crippen molar-refractivity contribution in [3.05, 3.63) is 47.3 Å².